The van der Waals surface area contributed by atoms with Crippen LogP contribution in [-0.2, 0) is 19.9 Å². The molecule has 1 atom stereocenters. The molecule has 26 heavy (non-hydrogen) atoms. The molecule has 2 fully saturated rings. The quantitative estimate of drug-likeness (QED) is 0.767. The molecular weight excluding hydrogens is 372 g/mol. The van der Waals surface area contributed by atoms with Crippen LogP contribution < -0.4 is 0 Å². The van der Waals surface area contributed by atoms with Gasteiger partial charge in [0.15, 0.2) is 9.84 Å². The first-order chi connectivity index (χ1) is 12.0. The first-order valence-electron chi connectivity index (χ1n) is 9.05. The first-order valence-corrected chi connectivity index (χ1v) is 12.3. The molecule has 0 saturated carbocycles. The number of hydrogen-bond acceptors (Lipinski definition) is 5. The van der Waals surface area contributed by atoms with E-state index in [9.17, 15) is 16.8 Å². The summed E-state index contributed by atoms with van der Waals surface area (Å²) < 4.78 is 51.5. The summed E-state index contributed by atoms with van der Waals surface area (Å²) in [5.74, 6) is 0.451. The third-order valence-corrected chi connectivity index (χ3v) is 9.82. The third-order valence-electron chi connectivity index (χ3n) is 5.89. The van der Waals surface area contributed by atoms with Crippen LogP contribution in [0, 0.1) is 27.7 Å². The van der Waals surface area contributed by atoms with Crippen LogP contribution in [0.2, 0.25) is 0 Å². The van der Waals surface area contributed by atoms with Crippen molar-refractivity contribution in [3.05, 3.63) is 28.3 Å². The van der Waals surface area contributed by atoms with Crippen LogP contribution in [0.3, 0.4) is 0 Å². The molecule has 146 valence electrons. The molecule has 0 aromatic heterocycles. The minimum absolute atomic E-state index is 0.0366. The molecule has 2 saturated heterocycles. The first kappa shape index (κ1) is 19.8. The molecule has 0 radical (unpaired) electrons. The van der Waals surface area contributed by atoms with Gasteiger partial charge in [-0.1, -0.05) is 6.07 Å². The highest BCUT2D eigenvalue weighted by molar-refractivity contribution is 7.91. The maximum atomic E-state index is 13.3. The number of piperazine rings is 1. The Hall–Kier alpha value is -0.960. The fraction of sp³-hybridized carbons (Fsp3) is 0.667. The zero-order valence-corrected chi connectivity index (χ0v) is 17.6. The fourth-order valence-corrected chi connectivity index (χ4v) is 7.83. The van der Waals surface area contributed by atoms with E-state index in [1.54, 1.807) is 4.31 Å². The predicted molar refractivity (Wildman–Crippen MR) is 103 cm³/mol. The van der Waals surface area contributed by atoms with Crippen LogP contribution >= 0.6 is 0 Å². The van der Waals surface area contributed by atoms with E-state index in [-0.39, 0.29) is 17.5 Å². The Labute approximate surface area is 157 Å². The van der Waals surface area contributed by atoms with E-state index in [0.717, 1.165) is 22.3 Å². The van der Waals surface area contributed by atoms with Gasteiger partial charge in [-0.3, -0.25) is 4.90 Å². The topological polar surface area (TPSA) is 74.8 Å². The van der Waals surface area contributed by atoms with Crippen LogP contribution in [-0.4, -0.2) is 69.8 Å². The van der Waals surface area contributed by atoms with Crippen molar-refractivity contribution < 1.29 is 16.8 Å². The lowest BCUT2D eigenvalue weighted by atomic mass is 10.0. The molecule has 0 amide bonds. The molecule has 1 aromatic rings. The molecule has 0 bridgehead atoms. The van der Waals surface area contributed by atoms with Gasteiger partial charge in [-0.25, -0.2) is 16.8 Å². The van der Waals surface area contributed by atoms with E-state index in [2.05, 4.69) is 4.90 Å². The van der Waals surface area contributed by atoms with Crippen molar-refractivity contribution in [2.75, 3.05) is 37.7 Å². The Bertz CT molecular complexity index is 889. The number of sulfonamides is 1. The lowest BCUT2D eigenvalue weighted by Crippen LogP contribution is -2.52. The van der Waals surface area contributed by atoms with Gasteiger partial charge in [0.1, 0.15) is 0 Å². The van der Waals surface area contributed by atoms with Crippen LogP contribution in [0.5, 0.6) is 0 Å². The molecule has 0 spiro atoms. The van der Waals surface area contributed by atoms with Gasteiger partial charge in [-0.2, -0.15) is 4.31 Å². The second-order valence-corrected chi connectivity index (χ2v) is 11.7. The predicted octanol–water partition coefficient (Wildman–Crippen LogP) is 1.41. The van der Waals surface area contributed by atoms with Crippen LogP contribution in [0.15, 0.2) is 11.0 Å². The van der Waals surface area contributed by atoms with Gasteiger partial charge in [0.25, 0.3) is 0 Å². The average Bonchev–Trinajstić information content (AvgIpc) is 2.93. The van der Waals surface area contributed by atoms with Crippen LogP contribution in [0.25, 0.3) is 0 Å². The summed E-state index contributed by atoms with van der Waals surface area (Å²) in [6.45, 7) is 9.61. The Morgan fingerprint density at radius 2 is 1.50 bits per heavy atom. The molecule has 8 heteroatoms. The number of hydrogen-bond donors (Lipinski definition) is 0. The summed E-state index contributed by atoms with van der Waals surface area (Å²) in [4.78, 5) is 2.57. The molecule has 1 aromatic carbocycles. The summed E-state index contributed by atoms with van der Waals surface area (Å²) >= 11 is 0. The van der Waals surface area contributed by atoms with Crippen molar-refractivity contribution in [3.8, 4) is 0 Å². The molecule has 6 nitrogen and oxygen atoms in total. The molecule has 2 heterocycles. The summed E-state index contributed by atoms with van der Waals surface area (Å²) in [5.41, 5.74) is 3.61. The number of benzene rings is 1. The van der Waals surface area contributed by atoms with Crippen molar-refractivity contribution in [1.82, 2.24) is 9.21 Å². The van der Waals surface area contributed by atoms with Crippen molar-refractivity contribution in [2.24, 2.45) is 0 Å². The van der Waals surface area contributed by atoms with Crippen LogP contribution in [0.4, 0.5) is 0 Å². The summed E-state index contributed by atoms with van der Waals surface area (Å²) in [5, 5.41) is 0. The second-order valence-electron chi connectivity index (χ2n) is 7.59. The largest absolute Gasteiger partial charge is 0.297 e. The van der Waals surface area contributed by atoms with Crippen LogP contribution in [0.1, 0.15) is 28.7 Å². The Morgan fingerprint density at radius 3 is 1.96 bits per heavy atom. The minimum atomic E-state index is -3.55. The van der Waals surface area contributed by atoms with E-state index in [0.29, 0.717) is 37.5 Å². The average molecular weight is 401 g/mol. The molecule has 0 unspecified atom stereocenters. The monoisotopic (exact) mass is 400 g/mol. The van der Waals surface area contributed by atoms with Gasteiger partial charge in [-0.15, -0.1) is 0 Å². The maximum absolute atomic E-state index is 13.3. The van der Waals surface area contributed by atoms with E-state index in [1.165, 1.54) is 0 Å². The molecule has 0 N–H and O–H groups in total. The molecule has 2 aliphatic rings. The number of aryl methyl sites for hydroxylation is 2. The van der Waals surface area contributed by atoms with Crippen molar-refractivity contribution in [2.45, 2.75) is 45.1 Å². The van der Waals surface area contributed by atoms with E-state index >= 15 is 0 Å². The maximum Gasteiger partial charge on any atom is 0.243 e. The van der Waals surface area contributed by atoms with E-state index < -0.39 is 19.9 Å². The summed E-state index contributed by atoms with van der Waals surface area (Å²) in [7, 11) is -6.47. The lowest BCUT2D eigenvalue weighted by molar-refractivity contribution is 0.148. The van der Waals surface area contributed by atoms with Gasteiger partial charge in [-0.05, 0) is 56.4 Å². The third kappa shape index (κ3) is 3.56. The number of sulfone groups is 1. The van der Waals surface area contributed by atoms with Crippen molar-refractivity contribution in [3.63, 3.8) is 0 Å². The molecule has 2 aliphatic heterocycles. The molecule has 3 rings (SSSR count). The van der Waals surface area contributed by atoms with Gasteiger partial charge in [0, 0.05) is 32.2 Å². The second kappa shape index (κ2) is 6.89. The van der Waals surface area contributed by atoms with Gasteiger partial charge < -0.3 is 0 Å². The number of nitrogens with zero attached hydrogens (tertiary/aromatic N) is 2. The van der Waals surface area contributed by atoms with Crippen molar-refractivity contribution >= 4 is 19.9 Å². The van der Waals surface area contributed by atoms with Gasteiger partial charge >= 0.3 is 0 Å². The lowest BCUT2D eigenvalue weighted by Gasteiger charge is -2.37. The Balaban J connectivity index is 1.79. The highest BCUT2D eigenvalue weighted by Gasteiger charge is 2.37. The Morgan fingerprint density at radius 1 is 0.962 bits per heavy atom. The Kier molecular flexibility index (Phi) is 5.24. The molecular formula is C18H28N2O4S2. The minimum Gasteiger partial charge on any atom is -0.297 e. The van der Waals surface area contributed by atoms with Gasteiger partial charge in [0.2, 0.25) is 10.0 Å². The standard InChI is InChI=1S/C18H28N2O4S2/c1-13-11-14(2)16(4)18(15(13)3)26(23,24)20-8-6-19(7-9-20)17-5-10-25(21,22)12-17/h11,17H,5-10,12H2,1-4H3/t17-/m1/s1. The SMILES string of the molecule is Cc1cc(C)c(C)c(S(=O)(=O)N2CCN([C@@H]3CCS(=O)(=O)C3)CC2)c1C. The molecule has 0 aliphatic carbocycles. The zero-order chi connectivity index (χ0) is 19.3. The zero-order valence-electron chi connectivity index (χ0n) is 15.9. The fourth-order valence-electron chi connectivity index (χ4n) is 4.07. The van der Waals surface area contributed by atoms with Crippen molar-refractivity contribution in [1.29, 1.82) is 0 Å². The normalized spacial score (nSPS) is 24.8. The summed E-state index contributed by atoms with van der Waals surface area (Å²) in [6.07, 6.45) is 0.657. The number of rotatable bonds is 3. The highest BCUT2D eigenvalue weighted by Crippen LogP contribution is 2.30. The highest BCUT2D eigenvalue weighted by atomic mass is 32.2. The van der Waals surface area contributed by atoms with E-state index in [4.69, 9.17) is 0 Å². The van der Waals surface area contributed by atoms with E-state index in [1.807, 2.05) is 33.8 Å². The smallest absolute Gasteiger partial charge is 0.243 e. The summed E-state index contributed by atoms with van der Waals surface area (Å²) in [6, 6.07) is 2.07. The van der Waals surface area contributed by atoms with Gasteiger partial charge in [0.05, 0.1) is 16.4 Å².